The standard InChI is InChI=1S/C11H25N/c1-5-7-11(9-10(3)4)12-8-6-2/h10-12H,5-9H2,1-4H3. The van der Waals surface area contributed by atoms with Crippen molar-refractivity contribution in [1.82, 2.24) is 5.32 Å². The highest BCUT2D eigenvalue weighted by atomic mass is 14.9. The van der Waals surface area contributed by atoms with Crippen molar-refractivity contribution in [3.05, 3.63) is 0 Å². The van der Waals surface area contributed by atoms with Crippen LogP contribution in [0.5, 0.6) is 0 Å². The first-order valence-corrected chi connectivity index (χ1v) is 5.44. The van der Waals surface area contributed by atoms with Gasteiger partial charge >= 0.3 is 0 Å². The van der Waals surface area contributed by atoms with E-state index in [2.05, 4.69) is 33.0 Å². The molecule has 0 aliphatic carbocycles. The first-order chi connectivity index (χ1) is 5.70. The van der Waals surface area contributed by atoms with E-state index in [0.29, 0.717) is 0 Å². The molecule has 0 aliphatic heterocycles. The van der Waals surface area contributed by atoms with Gasteiger partial charge in [0.15, 0.2) is 0 Å². The van der Waals surface area contributed by atoms with Gasteiger partial charge in [-0.1, -0.05) is 34.1 Å². The molecule has 0 saturated heterocycles. The Morgan fingerprint density at radius 3 is 2.17 bits per heavy atom. The van der Waals surface area contributed by atoms with Crippen molar-refractivity contribution in [2.75, 3.05) is 6.54 Å². The van der Waals surface area contributed by atoms with Gasteiger partial charge in [0.2, 0.25) is 0 Å². The largest absolute Gasteiger partial charge is 0.314 e. The monoisotopic (exact) mass is 171 g/mol. The van der Waals surface area contributed by atoms with Gasteiger partial charge in [-0.3, -0.25) is 0 Å². The molecule has 0 rings (SSSR count). The summed E-state index contributed by atoms with van der Waals surface area (Å²) in [6, 6.07) is 0.759. The second-order valence-corrected chi connectivity index (χ2v) is 4.07. The Bertz CT molecular complexity index is 89.0. The lowest BCUT2D eigenvalue weighted by Crippen LogP contribution is -2.30. The maximum atomic E-state index is 3.60. The zero-order valence-corrected chi connectivity index (χ0v) is 9.19. The fourth-order valence-corrected chi connectivity index (χ4v) is 1.57. The minimum atomic E-state index is 0.759. The van der Waals surface area contributed by atoms with E-state index in [4.69, 9.17) is 0 Å². The fourth-order valence-electron chi connectivity index (χ4n) is 1.57. The van der Waals surface area contributed by atoms with Crippen molar-refractivity contribution < 1.29 is 0 Å². The lowest BCUT2D eigenvalue weighted by molar-refractivity contribution is 0.396. The van der Waals surface area contributed by atoms with Crippen molar-refractivity contribution in [2.24, 2.45) is 5.92 Å². The number of nitrogens with one attached hydrogen (secondary N) is 1. The van der Waals surface area contributed by atoms with E-state index in [-0.39, 0.29) is 0 Å². The summed E-state index contributed by atoms with van der Waals surface area (Å²) in [5.41, 5.74) is 0. The number of rotatable bonds is 7. The normalized spacial score (nSPS) is 13.8. The zero-order chi connectivity index (χ0) is 9.40. The predicted molar refractivity (Wildman–Crippen MR) is 56.4 cm³/mol. The van der Waals surface area contributed by atoms with E-state index >= 15 is 0 Å². The van der Waals surface area contributed by atoms with Gasteiger partial charge in [0, 0.05) is 6.04 Å². The van der Waals surface area contributed by atoms with Gasteiger partial charge in [0.1, 0.15) is 0 Å². The molecular weight excluding hydrogens is 146 g/mol. The van der Waals surface area contributed by atoms with Gasteiger partial charge < -0.3 is 5.32 Å². The van der Waals surface area contributed by atoms with Crippen molar-refractivity contribution in [2.45, 2.75) is 59.4 Å². The fraction of sp³-hybridized carbons (Fsp3) is 1.00. The Morgan fingerprint density at radius 2 is 1.75 bits per heavy atom. The van der Waals surface area contributed by atoms with E-state index < -0.39 is 0 Å². The van der Waals surface area contributed by atoms with E-state index in [1.54, 1.807) is 0 Å². The molecule has 1 unspecified atom stereocenters. The van der Waals surface area contributed by atoms with Crippen LogP contribution in [-0.4, -0.2) is 12.6 Å². The molecule has 1 N–H and O–H groups in total. The first-order valence-electron chi connectivity index (χ1n) is 5.44. The molecule has 12 heavy (non-hydrogen) atoms. The van der Waals surface area contributed by atoms with Crippen LogP contribution in [0.1, 0.15) is 53.4 Å². The first kappa shape index (κ1) is 12.0. The highest BCUT2D eigenvalue weighted by Crippen LogP contribution is 2.09. The van der Waals surface area contributed by atoms with E-state index in [1.165, 1.54) is 32.2 Å². The lowest BCUT2D eigenvalue weighted by atomic mass is 10.00. The Hall–Kier alpha value is -0.0400. The molecule has 74 valence electrons. The summed E-state index contributed by atoms with van der Waals surface area (Å²) in [6.45, 7) is 10.3. The molecule has 1 atom stereocenters. The van der Waals surface area contributed by atoms with E-state index in [9.17, 15) is 0 Å². The summed E-state index contributed by atoms with van der Waals surface area (Å²) >= 11 is 0. The van der Waals surface area contributed by atoms with E-state index in [1.807, 2.05) is 0 Å². The van der Waals surface area contributed by atoms with Gasteiger partial charge in [-0.25, -0.2) is 0 Å². The van der Waals surface area contributed by atoms with Crippen molar-refractivity contribution in [3.63, 3.8) is 0 Å². The van der Waals surface area contributed by atoms with Gasteiger partial charge in [0.25, 0.3) is 0 Å². The quantitative estimate of drug-likeness (QED) is 0.620. The van der Waals surface area contributed by atoms with Crippen molar-refractivity contribution in [3.8, 4) is 0 Å². The Morgan fingerprint density at radius 1 is 1.08 bits per heavy atom. The summed E-state index contributed by atoms with van der Waals surface area (Å²) in [7, 11) is 0. The molecule has 0 aromatic carbocycles. The highest BCUT2D eigenvalue weighted by Gasteiger charge is 2.07. The van der Waals surface area contributed by atoms with Crippen LogP contribution in [0.4, 0.5) is 0 Å². The molecule has 0 heterocycles. The minimum absolute atomic E-state index is 0.759. The van der Waals surface area contributed by atoms with E-state index in [0.717, 1.165) is 12.0 Å². The highest BCUT2D eigenvalue weighted by molar-refractivity contribution is 4.67. The average Bonchev–Trinajstić information content (AvgIpc) is 2.00. The molecule has 1 nitrogen and oxygen atoms in total. The molecule has 1 heteroatoms. The molecule has 0 aromatic rings. The smallest absolute Gasteiger partial charge is 0.00693 e. The van der Waals surface area contributed by atoms with Crippen molar-refractivity contribution in [1.29, 1.82) is 0 Å². The summed E-state index contributed by atoms with van der Waals surface area (Å²) in [6.07, 6.45) is 5.21. The molecule has 0 saturated carbocycles. The number of hydrogen-bond acceptors (Lipinski definition) is 1. The van der Waals surface area contributed by atoms with Crippen LogP contribution in [0.15, 0.2) is 0 Å². The van der Waals surface area contributed by atoms with Gasteiger partial charge in [-0.2, -0.15) is 0 Å². The second kappa shape index (κ2) is 7.60. The number of hydrogen-bond donors (Lipinski definition) is 1. The Kier molecular flexibility index (Phi) is 7.58. The molecule has 0 aliphatic rings. The molecule has 0 spiro atoms. The van der Waals surface area contributed by atoms with Gasteiger partial charge in [0.05, 0.1) is 0 Å². The predicted octanol–water partition coefficient (Wildman–Crippen LogP) is 3.20. The lowest BCUT2D eigenvalue weighted by Gasteiger charge is -2.19. The van der Waals surface area contributed by atoms with Crippen LogP contribution in [0.25, 0.3) is 0 Å². The maximum absolute atomic E-state index is 3.60. The third kappa shape index (κ3) is 6.66. The molecule has 0 aromatic heterocycles. The molecule has 0 fully saturated rings. The summed E-state index contributed by atoms with van der Waals surface area (Å²) < 4.78 is 0. The van der Waals surface area contributed by atoms with Crippen LogP contribution < -0.4 is 5.32 Å². The van der Waals surface area contributed by atoms with Crippen LogP contribution in [-0.2, 0) is 0 Å². The van der Waals surface area contributed by atoms with Crippen LogP contribution >= 0.6 is 0 Å². The molecule has 0 amide bonds. The topological polar surface area (TPSA) is 12.0 Å². The zero-order valence-electron chi connectivity index (χ0n) is 9.19. The van der Waals surface area contributed by atoms with Crippen LogP contribution in [0.2, 0.25) is 0 Å². The summed E-state index contributed by atoms with van der Waals surface area (Å²) in [5.74, 6) is 0.825. The van der Waals surface area contributed by atoms with Gasteiger partial charge in [-0.15, -0.1) is 0 Å². The van der Waals surface area contributed by atoms with Gasteiger partial charge in [-0.05, 0) is 31.7 Å². The SMILES string of the molecule is CCCNC(CCC)CC(C)C. The summed E-state index contributed by atoms with van der Waals surface area (Å²) in [5, 5.41) is 3.60. The third-order valence-electron chi connectivity index (χ3n) is 2.08. The summed E-state index contributed by atoms with van der Waals surface area (Å²) in [4.78, 5) is 0. The molecule has 0 bridgehead atoms. The Labute approximate surface area is 77.9 Å². The third-order valence-corrected chi connectivity index (χ3v) is 2.08. The molecular formula is C11H25N. The van der Waals surface area contributed by atoms with Crippen molar-refractivity contribution >= 4 is 0 Å². The molecule has 0 radical (unpaired) electrons. The second-order valence-electron chi connectivity index (χ2n) is 4.07. The van der Waals surface area contributed by atoms with Crippen LogP contribution in [0.3, 0.4) is 0 Å². The maximum Gasteiger partial charge on any atom is 0.00693 e. The van der Waals surface area contributed by atoms with Crippen LogP contribution in [0, 0.1) is 5.92 Å². The Balaban J connectivity index is 3.54. The minimum Gasteiger partial charge on any atom is -0.314 e. The average molecular weight is 171 g/mol.